The molecular formula is C17H20N4O2. The molecule has 0 unspecified atom stereocenters. The summed E-state index contributed by atoms with van der Waals surface area (Å²) in [6.45, 7) is 3.15. The van der Waals surface area contributed by atoms with Crippen LogP contribution in [0, 0.1) is 10.1 Å². The monoisotopic (exact) mass is 312 g/mol. The summed E-state index contributed by atoms with van der Waals surface area (Å²) in [7, 11) is 0. The molecule has 0 atom stereocenters. The lowest BCUT2D eigenvalue weighted by atomic mass is 9.91. The number of hydrogen-bond donors (Lipinski definition) is 0. The van der Waals surface area contributed by atoms with Crippen LogP contribution in [0.5, 0.6) is 0 Å². The number of imidazole rings is 1. The Morgan fingerprint density at radius 2 is 2.13 bits per heavy atom. The first kappa shape index (κ1) is 14.4. The number of benzene rings is 1. The molecule has 6 heteroatoms. The molecule has 1 fully saturated rings. The number of rotatable bonds is 3. The summed E-state index contributed by atoms with van der Waals surface area (Å²) in [5, 5.41) is 10.4. The molecular weight excluding hydrogens is 292 g/mol. The van der Waals surface area contributed by atoms with Crippen molar-refractivity contribution in [2.45, 2.75) is 38.3 Å². The smallest absolute Gasteiger partial charge is 0.235 e. The van der Waals surface area contributed by atoms with Crippen molar-refractivity contribution in [1.29, 1.82) is 0 Å². The van der Waals surface area contributed by atoms with Crippen molar-refractivity contribution < 1.29 is 4.92 Å². The molecule has 1 saturated carbocycles. The molecule has 6 nitrogen and oxygen atoms in total. The van der Waals surface area contributed by atoms with Gasteiger partial charge in [0.2, 0.25) is 6.20 Å². The minimum atomic E-state index is -0.443. The lowest BCUT2D eigenvalue weighted by molar-refractivity contribution is -0.400. The van der Waals surface area contributed by atoms with Crippen LogP contribution in [0.1, 0.15) is 30.7 Å². The van der Waals surface area contributed by atoms with E-state index in [9.17, 15) is 10.1 Å². The molecule has 1 aromatic carbocycles. The lowest BCUT2D eigenvalue weighted by Gasteiger charge is -2.36. The second-order valence-electron chi connectivity index (χ2n) is 6.40. The molecule has 1 aromatic heterocycles. The van der Waals surface area contributed by atoms with Gasteiger partial charge in [0, 0.05) is 38.2 Å². The number of nitro groups is 1. The van der Waals surface area contributed by atoms with Crippen molar-refractivity contribution >= 4 is 17.1 Å². The SMILES string of the molecule is O=[N+]([O-])/C=C/c1ccc2c(c1)nc1n2CCN(C2CCC2)CC1. The van der Waals surface area contributed by atoms with Crippen molar-refractivity contribution in [3.05, 3.63) is 45.9 Å². The molecule has 0 radical (unpaired) electrons. The molecule has 23 heavy (non-hydrogen) atoms. The third-order valence-corrected chi connectivity index (χ3v) is 5.06. The lowest BCUT2D eigenvalue weighted by Crippen LogP contribution is -2.41. The Labute approximate surface area is 134 Å². The van der Waals surface area contributed by atoms with E-state index in [1.165, 1.54) is 25.3 Å². The first-order valence-electron chi connectivity index (χ1n) is 8.25. The highest BCUT2D eigenvalue weighted by Gasteiger charge is 2.27. The van der Waals surface area contributed by atoms with Crippen LogP contribution in [-0.2, 0) is 13.0 Å². The number of hydrogen-bond acceptors (Lipinski definition) is 4. The molecule has 4 rings (SSSR count). The molecule has 2 aliphatic rings. The molecule has 0 N–H and O–H groups in total. The van der Waals surface area contributed by atoms with E-state index in [0.29, 0.717) is 0 Å². The zero-order chi connectivity index (χ0) is 15.8. The fourth-order valence-electron chi connectivity index (χ4n) is 3.59. The number of nitrogens with zero attached hydrogens (tertiary/aromatic N) is 4. The molecule has 1 aliphatic heterocycles. The van der Waals surface area contributed by atoms with E-state index in [-0.39, 0.29) is 0 Å². The van der Waals surface area contributed by atoms with Gasteiger partial charge in [0.25, 0.3) is 0 Å². The van der Waals surface area contributed by atoms with Gasteiger partial charge < -0.3 is 4.57 Å². The molecule has 1 aliphatic carbocycles. The van der Waals surface area contributed by atoms with Crippen molar-refractivity contribution in [3.63, 3.8) is 0 Å². The summed E-state index contributed by atoms with van der Waals surface area (Å²) in [5.41, 5.74) is 2.88. The average Bonchev–Trinajstić information content (AvgIpc) is 2.70. The normalized spacial score (nSPS) is 19.7. The van der Waals surface area contributed by atoms with Crippen LogP contribution in [0.4, 0.5) is 0 Å². The summed E-state index contributed by atoms with van der Waals surface area (Å²) >= 11 is 0. The van der Waals surface area contributed by atoms with E-state index in [0.717, 1.165) is 60.7 Å². The minimum absolute atomic E-state index is 0.443. The van der Waals surface area contributed by atoms with Gasteiger partial charge in [0.1, 0.15) is 5.82 Å². The van der Waals surface area contributed by atoms with Crippen molar-refractivity contribution in [2.24, 2.45) is 0 Å². The number of fused-ring (bicyclic) bond motifs is 3. The summed E-state index contributed by atoms with van der Waals surface area (Å²) in [4.78, 5) is 17.4. The molecule has 2 aromatic rings. The van der Waals surface area contributed by atoms with Gasteiger partial charge in [-0.15, -0.1) is 0 Å². The first-order chi connectivity index (χ1) is 11.2. The predicted octanol–water partition coefficient (Wildman–Crippen LogP) is 2.69. The van der Waals surface area contributed by atoms with Gasteiger partial charge in [-0.05, 0) is 30.5 Å². The third kappa shape index (κ3) is 2.74. The van der Waals surface area contributed by atoms with Crippen LogP contribution >= 0.6 is 0 Å². The Morgan fingerprint density at radius 1 is 1.26 bits per heavy atom. The van der Waals surface area contributed by atoms with Gasteiger partial charge in [0.15, 0.2) is 0 Å². The first-order valence-corrected chi connectivity index (χ1v) is 8.25. The maximum atomic E-state index is 10.4. The van der Waals surface area contributed by atoms with Gasteiger partial charge in [-0.2, -0.15) is 0 Å². The highest BCUT2D eigenvalue weighted by atomic mass is 16.6. The van der Waals surface area contributed by atoms with Gasteiger partial charge in [-0.25, -0.2) is 4.98 Å². The van der Waals surface area contributed by atoms with Gasteiger partial charge in [-0.3, -0.25) is 15.0 Å². The second-order valence-corrected chi connectivity index (χ2v) is 6.40. The van der Waals surface area contributed by atoms with Crippen molar-refractivity contribution in [2.75, 3.05) is 13.1 Å². The van der Waals surface area contributed by atoms with Gasteiger partial charge >= 0.3 is 0 Å². The molecule has 0 bridgehead atoms. The molecule has 120 valence electrons. The van der Waals surface area contributed by atoms with Gasteiger partial charge in [-0.1, -0.05) is 12.5 Å². The van der Waals surface area contributed by atoms with Crippen LogP contribution in [0.15, 0.2) is 24.4 Å². The Morgan fingerprint density at radius 3 is 2.87 bits per heavy atom. The summed E-state index contributed by atoms with van der Waals surface area (Å²) in [6, 6.07) is 6.67. The summed E-state index contributed by atoms with van der Waals surface area (Å²) < 4.78 is 2.31. The fraction of sp³-hybridized carbons (Fsp3) is 0.471. The molecule has 0 amide bonds. The third-order valence-electron chi connectivity index (χ3n) is 5.06. The maximum Gasteiger partial charge on any atom is 0.235 e. The standard InChI is InChI=1S/C17H20N4O2/c22-21(23)9-6-13-4-5-16-15(12-13)18-17-7-8-19(10-11-20(16)17)14-2-1-3-14/h4-6,9,12,14H,1-3,7-8,10-11H2/b9-6+. The van der Waals surface area contributed by atoms with Crippen molar-refractivity contribution in [3.8, 4) is 0 Å². The zero-order valence-electron chi connectivity index (χ0n) is 13.0. The summed E-state index contributed by atoms with van der Waals surface area (Å²) in [5.74, 6) is 1.14. The van der Waals surface area contributed by atoms with Crippen LogP contribution in [0.25, 0.3) is 17.1 Å². The topological polar surface area (TPSA) is 64.2 Å². The van der Waals surface area contributed by atoms with Crippen LogP contribution in [0.3, 0.4) is 0 Å². The van der Waals surface area contributed by atoms with E-state index >= 15 is 0 Å². The Hall–Kier alpha value is -2.21. The predicted molar refractivity (Wildman–Crippen MR) is 88.7 cm³/mol. The quantitative estimate of drug-likeness (QED) is 0.645. The second kappa shape index (κ2) is 5.77. The fourth-order valence-corrected chi connectivity index (χ4v) is 3.59. The Balaban J connectivity index is 1.60. The summed E-state index contributed by atoms with van der Waals surface area (Å²) in [6.07, 6.45) is 7.52. The Kier molecular flexibility index (Phi) is 3.61. The van der Waals surface area contributed by atoms with Crippen LogP contribution in [0.2, 0.25) is 0 Å². The largest absolute Gasteiger partial charge is 0.327 e. The molecule has 2 heterocycles. The van der Waals surface area contributed by atoms with Crippen LogP contribution < -0.4 is 0 Å². The Bertz CT molecular complexity index is 776. The van der Waals surface area contributed by atoms with Crippen LogP contribution in [-0.4, -0.2) is 38.5 Å². The average molecular weight is 312 g/mol. The van der Waals surface area contributed by atoms with E-state index < -0.39 is 4.92 Å². The van der Waals surface area contributed by atoms with E-state index in [2.05, 4.69) is 9.47 Å². The highest BCUT2D eigenvalue weighted by Crippen LogP contribution is 2.27. The minimum Gasteiger partial charge on any atom is -0.327 e. The van der Waals surface area contributed by atoms with Crippen molar-refractivity contribution in [1.82, 2.24) is 14.5 Å². The number of aromatic nitrogens is 2. The molecule has 0 spiro atoms. The molecule has 0 saturated heterocycles. The highest BCUT2D eigenvalue weighted by molar-refractivity contribution is 5.79. The van der Waals surface area contributed by atoms with Gasteiger partial charge in [0.05, 0.1) is 16.0 Å². The van der Waals surface area contributed by atoms with E-state index in [1.807, 2.05) is 18.2 Å². The van der Waals surface area contributed by atoms with E-state index in [4.69, 9.17) is 4.98 Å². The zero-order valence-corrected chi connectivity index (χ0v) is 13.0. The maximum absolute atomic E-state index is 10.4. The van der Waals surface area contributed by atoms with E-state index in [1.54, 1.807) is 0 Å².